The molecule has 1 aromatic heterocycles. The predicted molar refractivity (Wildman–Crippen MR) is 98.4 cm³/mol. The highest BCUT2D eigenvalue weighted by Crippen LogP contribution is 2.36. The summed E-state index contributed by atoms with van der Waals surface area (Å²) in [5.74, 6) is 1.13. The van der Waals surface area contributed by atoms with Gasteiger partial charge in [-0.05, 0) is 49.9 Å². The Morgan fingerprint density at radius 2 is 1.81 bits per heavy atom. The zero-order valence-corrected chi connectivity index (χ0v) is 15.9. The minimum atomic E-state index is -3.69. The number of nitrogens with two attached hydrogens (primary N) is 1. The molecular weight excluding hydrogens is 366 g/mol. The first kappa shape index (κ1) is 18.1. The average molecular weight is 389 g/mol. The number of sulfonamides is 1. The second-order valence-electron chi connectivity index (χ2n) is 7.10. The normalized spacial score (nSPS) is 21.0. The Kier molecular flexibility index (Phi) is 4.73. The fourth-order valence-corrected chi connectivity index (χ4v) is 5.62. The van der Waals surface area contributed by atoms with E-state index >= 15 is 0 Å². The van der Waals surface area contributed by atoms with E-state index in [0.29, 0.717) is 6.54 Å². The van der Waals surface area contributed by atoms with Crippen molar-refractivity contribution in [3.05, 3.63) is 41.5 Å². The number of benzene rings is 1. The van der Waals surface area contributed by atoms with Crippen molar-refractivity contribution in [2.45, 2.75) is 56.0 Å². The molecule has 9 heteroatoms. The number of carbonyl (C=O) groups is 1. The Hall–Kier alpha value is -2.26. The molecule has 1 saturated heterocycles. The van der Waals surface area contributed by atoms with E-state index in [9.17, 15) is 13.2 Å². The SMILES string of the molecule is NC(=O)c1ccc(S(=O)(=O)N2CCCC2c2nnc3n2CCCCC3)cc1. The molecule has 0 spiro atoms. The van der Waals surface area contributed by atoms with E-state index in [4.69, 9.17) is 5.73 Å². The summed E-state index contributed by atoms with van der Waals surface area (Å²) in [5.41, 5.74) is 5.53. The van der Waals surface area contributed by atoms with Crippen molar-refractivity contribution in [1.82, 2.24) is 19.1 Å². The highest BCUT2D eigenvalue weighted by Gasteiger charge is 2.39. The molecule has 1 atom stereocenters. The zero-order chi connectivity index (χ0) is 19.0. The number of aromatic nitrogens is 3. The topological polar surface area (TPSA) is 111 Å². The Labute approximate surface area is 158 Å². The van der Waals surface area contributed by atoms with Crippen LogP contribution < -0.4 is 5.73 Å². The third-order valence-corrected chi connectivity index (χ3v) is 7.31. The first-order valence-corrected chi connectivity index (χ1v) is 10.8. The van der Waals surface area contributed by atoms with Gasteiger partial charge in [-0.15, -0.1) is 10.2 Å². The largest absolute Gasteiger partial charge is 0.366 e. The standard InChI is InChI=1S/C18H23N5O3S/c19-17(24)13-7-9-14(10-8-13)27(25,26)23-12-4-5-15(23)18-21-20-16-6-2-1-3-11-22(16)18/h7-10,15H,1-6,11-12H2,(H2,19,24). The number of rotatable bonds is 4. The van der Waals surface area contributed by atoms with E-state index in [1.54, 1.807) is 0 Å². The Bertz CT molecular complexity index is 952. The van der Waals surface area contributed by atoms with Crippen molar-refractivity contribution in [2.75, 3.05) is 6.54 Å². The van der Waals surface area contributed by atoms with Crippen molar-refractivity contribution < 1.29 is 13.2 Å². The number of primary amides is 1. The molecule has 27 heavy (non-hydrogen) atoms. The van der Waals surface area contributed by atoms with Crippen molar-refractivity contribution in [3.63, 3.8) is 0 Å². The van der Waals surface area contributed by atoms with Gasteiger partial charge in [-0.1, -0.05) is 6.42 Å². The molecule has 0 aliphatic carbocycles. The van der Waals surface area contributed by atoms with Crippen molar-refractivity contribution in [2.24, 2.45) is 5.73 Å². The van der Waals surface area contributed by atoms with Crippen LogP contribution in [0.4, 0.5) is 0 Å². The van der Waals surface area contributed by atoms with Gasteiger partial charge in [0.15, 0.2) is 5.82 Å². The van der Waals surface area contributed by atoms with Crippen LogP contribution in [0.3, 0.4) is 0 Å². The summed E-state index contributed by atoms with van der Waals surface area (Å²) in [6.07, 6.45) is 5.72. The lowest BCUT2D eigenvalue weighted by molar-refractivity contribution is 0.1000. The minimum Gasteiger partial charge on any atom is -0.366 e. The van der Waals surface area contributed by atoms with Gasteiger partial charge >= 0.3 is 0 Å². The van der Waals surface area contributed by atoms with Gasteiger partial charge < -0.3 is 10.3 Å². The third kappa shape index (κ3) is 3.25. The van der Waals surface area contributed by atoms with Gasteiger partial charge in [-0.2, -0.15) is 4.31 Å². The molecule has 2 N–H and O–H groups in total. The molecule has 8 nitrogen and oxygen atoms in total. The van der Waals surface area contributed by atoms with Crippen LogP contribution in [0.2, 0.25) is 0 Å². The molecular formula is C18H23N5O3S. The molecule has 1 fully saturated rings. The van der Waals surface area contributed by atoms with E-state index in [1.165, 1.54) is 28.6 Å². The second kappa shape index (κ2) is 7.05. The first-order chi connectivity index (χ1) is 13.0. The number of carbonyl (C=O) groups excluding carboxylic acids is 1. The number of hydrogen-bond acceptors (Lipinski definition) is 5. The summed E-state index contributed by atoms with van der Waals surface area (Å²) in [6.45, 7) is 1.29. The molecule has 1 amide bonds. The van der Waals surface area contributed by atoms with E-state index in [1.807, 2.05) is 0 Å². The van der Waals surface area contributed by atoms with Gasteiger partial charge in [0.05, 0.1) is 10.9 Å². The minimum absolute atomic E-state index is 0.162. The molecule has 1 unspecified atom stereocenters. The molecule has 1 aromatic carbocycles. The van der Waals surface area contributed by atoms with Gasteiger partial charge in [0.1, 0.15) is 5.82 Å². The van der Waals surface area contributed by atoms with Gasteiger partial charge in [0.25, 0.3) is 0 Å². The molecule has 2 aromatic rings. The monoisotopic (exact) mass is 389 g/mol. The smallest absolute Gasteiger partial charge is 0.248 e. The van der Waals surface area contributed by atoms with Crippen molar-refractivity contribution in [3.8, 4) is 0 Å². The van der Waals surface area contributed by atoms with Gasteiger partial charge in [0, 0.05) is 25.1 Å². The zero-order valence-electron chi connectivity index (χ0n) is 15.0. The average Bonchev–Trinajstić information content (AvgIpc) is 3.23. The van der Waals surface area contributed by atoms with E-state index < -0.39 is 15.9 Å². The van der Waals surface area contributed by atoms with E-state index in [0.717, 1.165) is 56.7 Å². The Morgan fingerprint density at radius 1 is 1.04 bits per heavy atom. The molecule has 4 rings (SSSR count). The van der Waals surface area contributed by atoms with Crippen molar-refractivity contribution >= 4 is 15.9 Å². The highest BCUT2D eigenvalue weighted by atomic mass is 32.2. The first-order valence-electron chi connectivity index (χ1n) is 9.32. The third-order valence-electron chi connectivity index (χ3n) is 5.39. The quantitative estimate of drug-likeness (QED) is 0.854. The summed E-state index contributed by atoms with van der Waals surface area (Å²) in [6, 6.07) is 5.47. The molecule has 0 saturated carbocycles. The number of fused-ring (bicyclic) bond motifs is 1. The molecule has 2 aliphatic heterocycles. The lowest BCUT2D eigenvalue weighted by Gasteiger charge is -2.24. The maximum Gasteiger partial charge on any atom is 0.248 e. The van der Waals surface area contributed by atoms with Crippen LogP contribution >= 0.6 is 0 Å². The van der Waals surface area contributed by atoms with Crippen LogP contribution in [0.25, 0.3) is 0 Å². The second-order valence-corrected chi connectivity index (χ2v) is 8.99. The maximum atomic E-state index is 13.2. The number of aryl methyl sites for hydroxylation is 1. The summed E-state index contributed by atoms with van der Waals surface area (Å²) in [4.78, 5) is 11.4. The van der Waals surface area contributed by atoms with Crippen LogP contribution in [0.1, 0.15) is 60.2 Å². The predicted octanol–water partition coefficient (Wildman–Crippen LogP) is 1.63. The van der Waals surface area contributed by atoms with Gasteiger partial charge in [-0.25, -0.2) is 8.42 Å². The van der Waals surface area contributed by atoms with E-state index in [-0.39, 0.29) is 16.5 Å². The summed E-state index contributed by atoms with van der Waals surface area (Å²) in [5, 5.41) is 8.68. The van der Waals surface area contributed by atoms with Crippen LogP contribution in [-0.4, -0.2) is 39.9 Å². The lowest BCUT2D eigenvalue weighted by Crippen LogP contribution is -2.32. The van der Waals surface area contributed by atoms with Gasteiger partial charge in [0.2, 0.25) is 15.9 Å². The van der Waals surface area contributed by atoms with Gasteiger partial charge in [-0.3, -0.25) is 4.79 Å². The fourth-order valence-electron chi connectivity index (χ4n) is 3.97. The van der Waals surface area contributed by atoms with E-state index in [2.05, 4.69) is 14.8 Å². The molecule has 0 bridgehead atoms. The fraction of sp³-hybridized carbons (Fsp3) is 0.500. The van der Waals surface area contributed by atoms with Crippen LogP contribution in [-0.2, 0) is 23.0 Å². The number of nitrogens with zero attached hydrogens (tertiary/aromatic N) is 4. The maximum absolute atomic E-state index is 13.2. The summed E-state index contributed by atoms with van der Waals surface area (Å²) >= 11 is 0. The highest BCUT2D eigenvalue weighted by molar-refractivity contribution is 7.89. The number of amides is 1. The van der Waals surface area contributed by atoms with Crippen LogP contribution in [0, 0.1) is 0 Å². The lowest BCUT2D eigenvalue weighted by atomic mass is 10.2. The summed E-state index contributed by atoms with van der Waals surface area (Å²) in [7, 11) is -3.69. The van der Waals surface area contributed by atoms with Crippen LogP contribution in [0.5, 0.6) is 0 Å². The Balaban J connectivity index is 1.67. The van der Waals surface area contributed by atoms with Crippen LogP contribution in [0.15, 0.2) is 29.2 Å². The number of hydrogen-bond donors (Lipinski definition) is 1. The Morgan fingerprint density at radius 3 is 2.56 bits per heavy atom. The van der Waals surface area contributed by atoms with Crippen molar-refractivity contribution in [1.29, 1.82) is 0 Å². The molecule has 144 valence electrons. The molecule has 3 heterocycles. The molecule has 2 aliphatic rings. The molecule has 0 radical (unpaired) electrons. The summed E-state index contributed by atoms with van der Waals surface area (Å²) < 4.78 is 30.1.